The van der Waals surface area contributed by atoms with Gasteiger partial charge in [0, 0.05) is 6.26 Å². The Bertz CT molecular complexity index is 430. The molecule has 1 saturated carbocycles. The molecular weight excluding hydrogens is 240 g/mol. The number of amides is 1. The maximum Gasteiger partial charge on any atom is 0.239 e. The molecule has 1 aliphatic carbocycles. The van der Waals surface area contributed by atoms with Crippen molar-refractivity contribution in [3.05, 3.63) is 0 Å². The average Bonchev–Trinajstić information content (AvgIpc) is 2.28. The van der Waals surface area contributed by atoms with Gasteiger partial charge >= 0.3 is 0 Å². The molecule has 6 heteroatoms. The normalized spacial score (nSPS) is 21.2. The van der Waals surface area contributed by atoms with Crippen LogP contribution in [0.15, 0.2) is 0 Å². The van der Waals surface area contributed by atoms with Crippen LogP contribution in [-0.4, -0.2) is 31.4 Å². The molecule has 0 aliphatic heterocycles. The van der Waals surface area contributed by atoms with Crippen molar-refractivity contribution >= 4 is 15.7 Å². The first kappa shape index (κ1) is 14.0. The third-order valence-corrected chi connectivity index (χ3v) is 4.79. The molecule has 1 atom stereocenters. The zero-order valence-corrected chi connectivity index (χ0v) is 11.0. The number of sulfone groups is 1. The van der Waals surface area contributed by atoms with Gasteiger partial charge in [-0.3, -0.25) is 4.79 Å². The Balaban J connectivity index is 2.76. The van der Waals surface area contributed by atoms with Gasteiger partial charge in [0.25, 0.3) is 0 Å². The standard InChI is InChI=1S/C11H18N2O3S/c1-9(17(2,15)16)10(14)13-11(8-12)6-4-3-5-7-11/h9H,3-7H2,1-2H3,(H,13,14). The number of nitriles is 1. The van der Waals surface area contributed by atoms with Gasteiger partial charge in [0.2, 0.25) is 5.91 Å². The smallest absolute Gasteiger partial charge is 0.239 e. The lowest BCUT2D eigenvalue weighted by Gasteiger charge is -2.32. The molecule has 1 unspecified atom stereocenters. The SMILES string of the molecule is CC(C(=O)NC1(C#N)CCCCC1)S(C)(=O)=O. The molecule has 0 aromatic heterocycles. The van der Waals surface area contributed by atoms with Crippen LogP contribution in [0.25, 0.3) is 0 Å². The summed E-state index contributed by atoms with van der Waals surface area (Å²) in [4.78, 5) is 11.8. The second-order valence-electron chi connectivity index (χ2n) is 4.72. The first-order valence-corrected chi connectivity index (χ1v) is 7.68. The van der Waals surface area contributed by atoms with E-state index in [0.717, 1.165) is 25.5 Å². The molecule has 1 N–H and O–H groups in total. The van der Waals surface area contributed by atoms with Crippen LogP contribution in [-0.2, 0) is 14.6 Å². The van der Waals surface area contributed by atoms with Crippen LogP contribution in [0.2, 0.25) is 0 Å². The van der Waals surface area contributed by atoms with E-state index in [1.54, 1.807) is 0 Å². The summed E-state index contributed by atoms with van der Waals surface area (Å²) in [5.41, 5.74) is -0.867. The van der Waals surface area contributed by atoms with Crippen molar-refractivity contribution in [2.75, 3.05) is 6.26 Å². The highest BCUT2D eigenvalue weighted by atomic mass is 32.2. The summed E-state index contributed by atoms with van der Waals surface area (Å²) in [6, 6.07) is 2.13. The quantitative estimate of drug-likeness (QED) is 0.809. The van der Waals surface area contributed by atoms with E-state index in [1.807, 2.05) is 0 Å². The Labute approximate surface area is 102 Å². The zero-order valence-electron chi connectivity index (χ0n) is 10.2. The average molecular weight is 258 g/mol. The van der Waals surface area contributed by atoms with Gasteiger partial charge in [0.05, 0.1) is 6.07 Å². The number of rotatable bonds is 3. The lowest BCUT2D eigenvalue weighted by Crippen LogP contribution is -2.52. The maximum absolute atomic E-state index is 11.8. The van der Waals surface area contributed by atoms with Crippen molar-refractivity contribution < 1.29 is 13.2 Å². The fourth-order valence-corrected chi connectivity index (χ4v) is 2.40. The molecular formula is C11H18N2O3S. The minimum absolute atomic E-state index is 0.573. The van der Waals surface area contributed by atoms with E-state index in [-0.39, 0.29) is 0 Å². The van der Waals surface area contributed by atoms with Crippen LogP contribution >= 0.6 is 0 Å². The Morgan fingerprint density at radius 3 is 2.29 bits per heavy atom. The van der Waals surface area contributed by atoms with E-state index in [4.69, 9.17) is 5.26 Å². The number of hydrogen-bond donors (Lipinski definition) is 1. The van der Waals surface area contributed by atoms with Crippen molar-refractivity contribution in [2.45, 2.75) is 49.8 Å². The minimum atomic E-state index is -3.41. The van der Waals surface area contributed by atoms with Gasteiger partial charge in [-0.2, -0.15) is 5.26 Å². The second-order valence-corrected chi connectivity index (χ2v) is 7.08. The molecule has 1 fully saturated rings. The fraction of sp³-hybridized carbons (Fsp3) is 0.818. The third-order valence-electron chi connectivity index (χ3n) is 3.30. The summed E-state index contributed by atoms with van der Waals surface area (Å²) < 4.78 is 22.5. The number of nitrogens with one attached hydrogen (secondary N) is 1. The Morgan fingerprint density at radius 2 is 1.88 bits per heavy atom. The number of nitrogens with zero attached hydrogens (tertiary/aromatic N) is 1. The van der Waals surface area contributed by atoms with Crippen molar-refractivity contribution in [3.63, 3.8) is 0 Å². The molecule has 1 rings (SSSR count). The lowest BCUT2D eigenvalue weighted by molar-refractivity contribution is -0.122. The molecule has 0 aromatic carbocycles. The Morgan fingerprint density at radius 1 is 1.35 bits per heavy atom. The minimum Gasteiger partial charge on any atom is -0.337 e. The molecule has 1 aliphatic rings. The molecule has 0 bridgehead atoms. The van der Waals surface area contributed by atoms with Gasteiger partial charge in [0.1, 0.15) is 10.8 Å². The number of hydrogen-bond acceptors (Lipinski definition) is 4. The van der Waals surface area contributed by atoms with Gasteiger partial charge in [-0.1, -0.05) is 19.3 Å². The summed E-state index contributed by atoms with van der Waals surface area (Å²) in [7, 11) is -3.41. The van der Waals surface area contributed by atoms with E-state index in [1.165, 1.54) is 6.92 Å². The predicted molar refractivity (Wildman–Crippen MR) is 63.9 cm³/mol. The number of carbonyl (C=O) groups excluding carboxylic acids is 1. The highest BCUT2D eigenvalue weighted by Gasteiger charge is 2.36. The van der Waals surface area contributed by atoms with E-state index in [2.05, 4.69) is 11.4 Å². The molecule has 0 heterocycles. The van der Waals surface area contributed by atoms with Crippen molar-refractivity contribution in [3.8, 4) is 6.07 Å². The molecule has 96 valence electrons. The summed E-state index contributed by atoms with van der Waals surface area (Å²) in [6.45, 7) is 1.35. The summed E-state index contributed by atoms with van der Waals surface area (Å²) in [5, 5.41) is 10.7. The van der Waals surface area contributed by atoms with E-state index >= 15 is 0 Å². The monoisotopic (exact) mass is 258 g/mol. The summed E-state index contributed by atoms with van der Waals surface area (Å²) in [6.07, 6.45) is 5.07. The van der Waals surface area contributed by atoms with Gasteiger partial charge in [-0.25, -0.2) is 8.42 Å². The molecule has 1 amide bonds. The first-order chi connectivity index (χ1) is 7.81. The number of carbonyl (C=O) groups is 1. The van der Waals surface area contributed by atoms with Crippen LogP contribution in [0, 0.1) is 11.3 Å². The Kier molecular flexibility index (Phi) is 4.15. The van der Waals surface area contributed by atoms with Gasteiger partial charge in [0.15, 0.2) is 9.84 Å². The summed E-state index contributed by atoms with van der Waals surface area (Å²) in [5.74, 6) is -0.573. The van der Waals surface area contributed by atoms with Gasteiger partial charge in [-0.05, 0) is 19.8 Å². The van der Waals surface area contributed by atoms with E-state index < -0.39 is 26.5 Å². The molecule has 0 aromatic rings. The van der Waals surface area contributed by atoms with Crippen molar-refractivity contribution in [1.82, 2.24) is 5.32 Å². The van der Waals surface area contributed by atoms with Crippen LogP contribution in [0.1, 0.15) is 39.0 Å². The summed E-state index contributed by atoms with van der Waals surface area (Å²) >= 11 is 0. The molecule has 17 heavy (non-hydrogen) atoms. The van der Waals surface area contributed by atoms with Crippen LogP contribution < -0.4 is 5.32 Å². The van der Waals surface area contributed by atoms with Crippen molar-refractivity contribution in [2.24, 2.45) is 0 Å². The first-order valence-electron chi connectivity index (χ1n) is 5.73. The largest absolute Gasteiger partial charge is 0.337 e. The predicted octanol–water partition coefficient (Wildman–Crippen LogP) is 0.762. The van der Waals surface area contributed by atoms with Crippen LogP contribution in [0.4, 0.5) is 0 Å². The highest BCUT2D eigenvalue weighted by molar-refractivity contribution is 7.92. The highest BCUT2D eigenvalue weighted by Crippen LogP contribution is 2.27. The van der Waals surface area contributed by atoms with E-state index in [9.17, 15) is 13.2 Å². The Hall–Kier alpha value is -1.09. The molecule has 0 radical (unpaired) electrons. The van der Waals surface area contributed by atoms with Gasteiger partial charge < -0.3 is 5.32 Å². The van der Waals surface area contributed by atoms with Gasteiger partial charge in [-0.15, -0.1) is 0 Å². The van der Waals surface area contributed by atoms with Crippen LogP contribution in [0.3, 0.4) is 0 Å². The zero-order chi connectivity index (χ0) is 13.1. The van der Waals surface area contributed by atoms with Crippen LogP contribution in [0.5, 0.6) is 0 Å². The molecule has 0 saturated heterocycles. The molecule has 0 spiro atoms. The maximum atomic E-state index is 11.8. The molecule has 5 nitrogen and oxygen atoms in total. The topological polar surface area (TPSA) is 87.0 Å². The van der Waals surface area contributed by atoms with Crippen molar-refractivity contribution in [1.29, 1.82) is 5.26 Å². The lowest BCUT2D eigenvalue weighted by atomic mass is 9.83. The fourth-order valence-electron chi connectivity index (χ4n) is 1.95. The van der Waals surface area contributed by atoms with E-state index in [0.29, 0.717) is 12.8 Å². The third kappa shape index (κ3) is 3.43. The second kappa shape index (κ2) is 5.05.